The molecule has 16 heavy (non-hydrogen) atoms. The molecule has 1 atom stereocenters. The fraction of sp³-hybridized carbons (Fsp3) is 0.538. The Morgan fingerprint density at radius 3 is 2.88 bits per heavy atom. The van der Waals surface area contributed by atoms with Gasteiger partial charge in [0.25, 0.3) is 0 Å². The molecule has 1 heterocycles. The van der Waals surface area contributed by atoms with Gasteiger partial charge in [-0.15, -0.1) is 0 Å². The first kappa shape index (κ1) is 11.4. The Morgan fingerprint density at radius 2 is 2.19 bits per heavy atom. The van der Waals surface area contributed by atoms with Gasteiger partial charge in [-0.05, 0) is 31.5 Å². The van der Waals surface area contributed by atoms with E-state index in [1.165, 1.54) is 25.3 Å². The second-order valence-electron chi connectivity index (χ2n) is 4.48. The lowest BCUT2D eigenvalue weighted by Crippen LogP contribution is -2.42. The smallest absolute Gasteiger partial charge is 0.146 e. The summed E-state index contributed by atoms with van der Waals surface area (Å²) in [5.41, 5.74) is 0.690. The van der Waals surface area contributed by atoms with Crippen molar-refractivity contribution in [3.8, 4) is 0 Å². The van der Waals surface area contributed by atoms with E-state index in [0.29, 0.717) is 11.7 Å². The fourth-order valence-electron chi connectivity index (χ4n) is 2.27. The number of para-hydroxylation sites is 1. The van der Waals surface area contributed by atoms with Crippen LogP contribution < -0.4 is 10.2 Å². The van der Waals surface area contributed by atoms with E-state index in [1.807, 2.05) is 24.1 Å². The molecule has 0 aliphatic carbocycles. The van der Waals surface area contributed by atoms with Crippen LogP contribution in [0.4, 0.5) is 10.1 Å². The molecule has 1 aromatic rings. The Hall–Kier alpha value is -1.09. The van der Waals surface area contributed by atoms with Crippen molar-refractivity contribution in [1.29, 1.82) is 0 Å². The van der Waals surface area contributed by atoms with Gasteiger partial charge in [0.15, 0.2) is 0 Å². The predicted molar refractivity (Wildman–Crippen MR) is 65.3 cm³/mol. The molecule has 88 valence electrons. The molecular weight excluding hydrogens is 203 g/mol. The minimum absolute atomic E-state index is 0.138. The molecule has 1 aliphatic heterocycles. The monoisotopic (exact) mass is 222 g/mol. The van der Waals surface area contributed by atoms with Crippen LogP contribution in [0.2, 0.25) is 0 Å². The zero-order chi connectivity index (χ0) is 11.4. The summed E-state index contributed by atoms with van der Waals surface area (Å²) in [4.78, 5) is 2.00. The van der Waals surface area contributed by atoms with E-state index in [4.69, 9.17) is 0 Å². The van der Waals surface area contributed by atoms with Crippen molar-refractivity contribution < 1.29 is 4.39 Å². The highest BCUT2D eigenvalue weighted by Gasteiger charge is 2.16. The molecule has 1 aromatic carbocycles. The number of anilines is 1. The van der Waals surface area contributed by atoms with Gasteiger partial charge in [-0.1, -0.05) is 18.6 Å². The zero-order valence-corrected chi connectivity index (χ0v) is 9.75. The van der Waals surface area contributed by atoms with Crippen molar-refractivity contribution in [3.05, 3.63) is 30.1 Å². The van der Waals surface area contributed by atoms with E-state index in [9.17, 15) is 4.39 Å². The lowest BCUT2D eigenvalue weighted by Gasteiger charge is -2.29. The molecule has 1 unspecified atom stereocenters. The van der Waals surface area contributed by atoms with Gasteiger partial charge in [0.05, 0.1) is 5.69 Å². The van der Waals surface area contributed by atoms with Crippen LogP contribution in [0.3, 0.4) is 0 Å². The maximum atomic E-state index is 13.5. The van der Waals surface area contributed by atoms with Crippen LogP contribution in [0.5, 0.6) is 0 Å². The van der Waals surface area contributed by atoms with E-state index >= 15 is 0 Å². The standard InChI is InChI=1S/C13H19FN2/c1-16(10-11-6-4-5-9-15-11)13-8-3-2-7-12(13)14/h2-3,7-8,11,15H,4-6,9-10H2,1H3. The first-order chi connectivity index (χ1) is 7.77. The van der Waals surface area contributed by atoms with E-state index in [0.717, 1.165) is 13.1 Å². The third-order valence-corrected chi connectivity index (χ3v) is 3.17. The van der Waals surface area contributed by atoms with Gasteiger partial charge >= 0.3 is 0 Å². The van der Waals surface area contributed by atoms with E-state index < -0.39 is 0 Å². The summed E-state index contributed by atoms with van der Waals surface area (Å²) >= 11 is 0. The number of benzene rings is 1. The van der Waals surface area contributed by atoms with Gasteiger partial charge < -0.3 is 10.2 Å². The molecule has 1 N–H and O–H groups in total. The molecule has 1 aliphatic rings. The predicted octanol–water partition coefficient (Wildman–Crippen LogP) is 2.40. The summed E-state index contributed by atoms with van der Waals surface area (Å²) in [6.45, 7) is 1.97. The largest absolute Gasteiger partial charge is 0.371 e. The van der Waals surface area contributed by atoms with Crippen LogP contribution in [0, 0.1) is 5.82 Å². The third-order valence-electron chi connectivity index (χ3n) is 3.17. The second-order valence-corrected chi connectivity index (χ2v) is 4.48. The van der Waals surface area contributed by atoms with Gasteiger partial charge in [0, 0.05) is 19.6 Å². The Morgan fingerprint density at radius 1 is 1.38 bits per heavy atom. The molecule has 2 rings (SSSR count). The van der Waals surface area contributed by atoms with Crippen LogP contribution in [0.1, 0.15) is 19.3 Å². The normalized spacial score (nSPS) is 20.8. The molecule has 2 nitrogen and oxygen atoms in total. The average molecular weight is 222 g/mol. The summed E-state index contributed by atoms with van der Waals surface area (Å²) in [5, 5.41) is 3.48. The Bertz CT molecular complexity index is 334. The summed E-state index contributed by atoms with van der Waals surface area (Å²) in [6, 6.07) is 7.45. The second kappa shape index (κ2) is 5.30. The van der Waals surface area contributed by atoms with Gasteiger partial charge in [-0.2, -0.15) is 0 Å². The summed E-state index contributed by atoms with van der Waals surface area (Å²) in [7, 11) is 1.95. The molecule has 0 radical (unpaired) electrons. The molecule has 0 saturated carbocycles. The number of halogens is 1. The molecule has 1 saturated heterocycles. The molecular formula is C13H19FN2. The number of nitrogens with zero attached hydrogens (tertiary/aromatic N) is 1. The number of piperidine rings is 1. The van der Waals surface area contributed by atoms with E-state index in [1.54, 1.807) is 6.07 Å². The number of hydrogen-bond acceptors (Lipinski definition) is 2. The van der Waals surface area contributed by atoms with Gasteiger partial charge in [0.1, 0.15) is 5.82 Å². The van der Waals surface area contributed by atoms with Crippen molar-refractivity contribution in [1.82, 2.24) is 5.32 Å². The number of rotatable bonds is 3. The van der Waals surface area contributed by atoms with E-state index in [2.05, 4.69) is 5.32 Å². The van der Waals surface area contributed by atoms with Gasteiger partial charge in [0.2, 0.25) is 0 Å². The minimum atomic E-state index is -0.138. The molecule has 0 amide bonds. The fourth-order valence-corrected chi connectivity index (χ4v) is 2.27. The molecule has 0 spiro atoms. The number of nitrogens with one attached hydrogen (secondary N) is 1. The Balaban J connectivity index is 1.96. The van der Waals surface area contributed by atoms with Crippen LogP contribution in [0.25, 0.3) is 0 Å². The van der Waals surface area contributed by atoms with Gasteiger partial charge in [-0.25, -0.2) is 4.39 Å². The molecule has 0 aromatic heterocycles. The molecule has 3 heteroatoms. The van der Waals surface area contributed by atoms with Crippen molar-refractivity contribution >= 4 is 5.69 Å². The Kier molecular flexibility index (Phi) is 3.78. The first-order valence-electron chi connectivity index (χ1n) is 5.96. The van der Waals surface area contributed by atoms with Crippen molar-refractivity contribution in [2.24, 2.45) is 0 Å². The number of hydrogen-bond donors (Lipinski definition) is 1. The average Bonchev–Trinajstić information content (AvgIpc) is 2.31. The quantitative estimate of drug-likeness (QED) is 0.845. The maximum absolute atomic E-state index is 13.5. The van der Waals surface area contributed by atoms with Gasteiger partial charge in [-0.3, -0.25) is 0 Å². The van der Waals surface area contributed by atoms with Crippen molar-refractivity contribution in [2.75, 3.05) is 25.0 Å². The minimum Gasteiger partial charge on any atom is -0.371 e. The van der Waals surface area contributed by atoms with E-state index in [-0.39, 0.29) is 5.82 Å². The molecule has 1 fully saturated rings. The highest BCUT2D eigenvalue weighted by Crippen LogP contribution is 2.18. The van der Waals surface area contributed by atoms with Crippen molar-refractivity contribution in [3.63, 3.8) is 0 Å². The summed E-state index contributed by atoms with van der Waals surface area (Å²) < 4.78 is 13.5. The highest BCUT2D eigenvalue weighted by molar-refractivity contribution is 5.46. The SMILES string of the molecule is CN(CC1CCCCN1)c1ccccc1F. The Labute approximate surface area is 96.5 Å². The summed E-state index contributed by atoms with van der Waals surface area (Å²) in [6.07, 6.45) is 3.74. The van der Waals surface area contributed by atoms with Crippen LogP contribution in [-0.2, 0) is 0 Å². The summed E-state index contributed by atoms with van der Waals surface area (Å²) in [5.74, 6) is -0.138. The number of likely N-dealkylation sites (N-methyl/N-ethyl adjacent to an activating group) is 1. The highest BCUT2D eigenvalue weighted by atomic mass is 19.1. The topological polar surface area (TPSA) is 15.3 Å². The molecule has 0 bridgehead atoms. The maximum Gasteiger partial charge on any atom is 0.146 e. The van der Waals surface area contributed by atoms with Crippen LogP contribution >= 0.6 is 0 Å². The van der Waals surface area contributed by atoms with Crippen LogP contribution in [0.15, 0.2) is 24.3 Å². The first-order valence-corrected chi connectivity index (χ1v) is 5.96. The lowest BCUT2D eigenvalue weighted by molar-refractivity contribution is 0.402. The lowest BCUT2D eigenvalue weighted by atomic mass is 10.0. The third kappa shape index (κ3) is 2.73. The van der Waals surface area contributed by atoms with Crippen LogP contribution in [-0.4, -0.2) is 26.2 Å². The van der Waals surface area contributed by atoms with Crippen molar-refractivity contribution in [2.45, 2.75) is 25.3 Å². The zero-order valence-electron chi connectivity index (χ0n) is 9.75.